The number of rotatable bonds is 1. The fraction of sp³-hybridized carbons (Fsp3) is 0.0667. The summed E-state index contributed by atoms with van der Waals surface area (Å²) < 4.78 is 13.8. The molecule has 0 fully saturated rings. The van der Waals surface area contributed by atoms with Gasteiger partial charge in [0.15, 0.2) is 17.8 Å². The minimum atomic E-state index is -0.859. The number of aromatic hydroxyl groups is 1. The highest BCUT2D eigenvalue weighted by molar-refractivity contribution is 5.98. The van der Waals surface area contributed by atoms with Gasteiger partial charge in [-0.25, -0.2) is 14.4 Å². The smallest absolute Gasteiger partial charge is 0.211 e. The van der Waals surface area contributed by atoms with E-state index in [9.17, 15) is 14.8 Å². The normalized spacial score (nSPS) is 15.2. The molecule has 7 N–H and O–H groups in total. The van der Waals surface area contributed by atoms with Gasteiger partial charge in [-0.15, -0.1) is 0 Å². The highest BCUT2D eigenvalue weighted by Gasteiger charge is 2.30. The molecule has 124 valence electrons. The summed E-state index contributed by atoms with van der Waals surface area (Å²) in [5.41, 5.74) is 12.5. The molecule has 0 aliphatic carbocycles. The number of fused-ring (bicyclic) bond motifs is 1. The quantitative estimate of drug-likeness (QED) is 0.377. The minimum Gasteiger partial charge on any atom is -0.505 e. The number of anilines is 3. The lowest BCUT2D eigenvalue weighted by Gasteiger charge is -2.26. The predicted octanol–water partition coefficient (Wildman–Crippen LogP) is 0.904. The molecule has 2 heterocycles. The van der Waals surface area contributed by atoms with Crippen molar-refractivity contribution in [2.45, 2.75) is 6.04 Å². The van der Waals surface area contributed by atoms with Crippen molar-refractivity contribution < 1.29 is 9.50 Å². The standard InChI is InChI=1S/C15H11FN8O/c16-8-3-6(1-2-9(8)25)12-10-11(19)7(4-17)13(20)23-14(10)24-15(22-12)21-5-18/h1-3,12,25H,(H6,19,20,21,22,23,24). The van der Waals surface area contributed by atoms with E-state index in [-0.39, 0.29) is 28.8 Å². The van der Waals surface area contributed by atoms with Crippen molar-refractivity contribution in [3.05, 3.63) is 40.7 Å². The number of pyridine rings is 1. The van der Waals surface area contributed by atoms with Crippen LogP contribution in [-0.2, 0) is 0 Å². The number of hydrogen-bond acceptors (Lipinski definition) is 9. The number of nitrogens with one attached hydrogen (secondary N) is 2. The highest BCUT2D eigenvalue weighted by atomic mass is 19.1. The number of aliphatic imine (C=N–C) groups is 1. The lowest BCUT2D eigenvalue weighted by atomic mass is 9.95. The Bertz CT molecular complexity index is 988. The second-order valence-corrected chi connectivity index (χ2v) is 5.11. The van der Waals surface area contributed by atoms with Crippen LogP contribution < -0.4 is 22.1 Å². The van der Waals surface area contributed by atoms with Crippen molar-refractivity contribution in [2.75, 3.05) is 16.8 Å². The van der Waals surface area contributed by atoms with Gasteiger partial charge in [0.05, 0.1) is 5.69 Å². The van der Waals surface area contributed by atoms with Crippen LogP contribution in [0.15, 0.2) is 23.2 Å². The average Bonchev–Trinajstić information content (AvgIpc) is 2.57. The topological polar surface area (TPSA) is 169 Å². The van der Waals surface area contributed by atoms with Crippen molar-refractivity contribution in [1.29, 1.82) is 10.5 Å². The first-order valence-electron chi connectivity index (χ1n) is 6.93. The van der Waals surface area contributed by atoms with Gasteiger partial charge in [0.1, 0.15) is 29.3 Å². The Labute approximate surface area is 141 Å². The first-order valence-corrected chi connectivity index (χ1v) is 6.93. The van der Waals surface area contributed by atoms with E-state index >= 15 is 0 Å². The van der Waals surface area contributed by atoms with E-state index in [0.717, 1.165) is 6.07 Å². The minimum absolute atomic E-state index is 0.0170. The van der Waals surface area contributed by atoms with Crippen LogP contribution >= 0.6 is 0 Å². The summed E-state index contributed by atoms with van der Waals surface area (Å²) in [5, 5.41) is 32.5. The van der Waals surface area contributed by atoms with Gasteiger partial charge in [0, 0.05) is 5.56 Å². The zero-order valence-corrected chi connectivity index (χ0v) is 12.6. The van der Waals surface area contributed by atoms with E-state index in [1.54, 1.807) is 6.19 Å². The molecule has 2 aromatic rings. The Hall–Kier alpha value is -4.05. The third-order valence-corrected chi connectivity index (χ3v) is 3.65. The second-order valence-electron chi connectivity index (χ2n) is 5.11. The van der Waals surface area contributed by atoms with Crippen LogP contribution in [0.4, 0.5) is 21.7 Å². The molecule has 0 radical (unpaired) electrons. The zero-order chi connectivity index (χ0) is 18.1. The molecule has 1 aromatic heterocycles. The molecule has 0 saturated heterocycles. The average molecular weight is 338 g/mol. The van der Waals surface area contributed by atoms with E-state index in [4.69, 9.17) is 16.7 Å². The van der Waals surface area contributed by atoms with Crippen molar-refractivity contribution in [3.63, 3.8) is 0 Å². The summed E-state index contributed by atoms with van der Waals surface area (Å²) in [6, 6.07) is 4.72. The molecule has 3 rings (SSSR count). The number of benzene rings is 1. The number of nitrogen functional groups attached to an aromatic ring is 2. The first kappa shape index (κ1) is 15.8. The third-order valence-electron chi connectivity index (χ3n) is 3.65. The van der Waals surface area contributed by atoms with Gasteiger partial charge in [-0.05, 0) is 17.7 Å². The number of nitrogens with zero attached hydrogens (tertiary/aromatic N) is 4. The largest absolute Gasteiger partial charge is 0.505 e. The van der Waals surface area contributed by atoms with Gasteiger partial charge in [-0.1, -0.05) is 6.07 Å². The molecule has 9 nitrogen and oxygen atoms in total. The third kappa shape index (κ3) is 2.58. The van der Waals surface area contributed by atoms with Gasteiger partial charge in [-0.2, -0.15) is 10.5 Å². The zero-order valence-electron chi connectivity index (χ0n) is 12.6. The number of hydrogen-bond donors (Lipinski definition) is 5. The molecule has 0 bridgehead atoms. The molecular weight excluding hydrogens is 327 g/mol. The van der Waals surface area contributed by atoms with E-state index < -0.39 is 17.6 Å². The molecule has 1 atom stereocenters. The Morgan fingerprint density at radius 1 is 1.32 bits per heavy atom. The molecule has 1 unspecified atom stereocenters. The molecule has 0 spiro atoms. The second kappa shape index (κ2) is 5.86. The van der Waals surface area contributed by atoms with Gasteiger partial charge >= 0.3 is 0 Å². The van der Waals surface area contributed by atoms with Crippen LogP contribution in [0.5, 0.6) is 5.75 Å². The summed E-state index contributed by atoms with van der Waals surface area (Å²) in [7, 11) is 0. The maximum absolute atomic E-state index is 13.8. The molecule has 0 amide bonds. The molecule has 1 aliphatic heterocycles. The van der Waals surface area contributed by atoms with Gasteiger partial charge in [0.2, 0.25) is 5.96 Å². The maximum atomic E-state index is 13.8. The Balaban J connectivity index is 2.25. The van der Waals surface area contributed by atoms with E-state index in [1.165, 1.54) is 12.1 Å². The first-order chi connectivity index (χ1) is 12.0. The summed E-state index contributed by atoms with van der Waals surface area (Å²) in [4.78, 5) is 8.36. The number of aromatic nitrogens is 1. The van der Waals surface area contributed by atoms with Crippen molar-refractivity contribution in [1.82, 2.24) is 10.3 Å². The number of halogens is 1. The number of nitrogens with two attached hydrogens (primary N) is 2. The van der Waals surface area contributed by atoms with Crippen LogP contribution in [0.3, 0.4) is 0 Å². The molecule has 25 heavy (non-hydrogen) atoms. The summed E-state index contributed by atoms with van der Waals surface area (Å²) in [6.07, 6.45) is 1.71. The SMILES string of the molecule is N#CNC1=NC(c2ccc(O)c(F)c2)c2c(nc(N)c(C#N)c2N)N1. The summed E-state index contributed by atoms with van der Waals surface area (Å²) in [5.74, 6) is -1.19. The molecule has 10 heteroatoms. The fourth-order valence-corrected chi connectivity index (χ4v) is 2.52. The van der Waals surface area contributed by atoms with Crippen LogP contribution in [0.1, 0.15) is 22.7 Å². The summed E-state index contributed by atoms with van der Waals surface area (Å²) in [6.45, 7) is 0. The fourth-order valence-electron chi connectivity index (χ4n) is 2.52. The summed E-state index contributed by atoms with van der Waals surface area (Å²) >= 11 is 0. The lowest BCUT2D eigenvalue weighted by molar-refractivity contribution is 0.431. The number of phenolic OH excluding ortho intramolecular Hbond substituents is 1. The molecule has 0 saturated carbocycles. The highest BCUT2D eigenvalue weighted by Crippen LogP contribution is 2.40. The Morgan fingerprint density at radius 3 is 2.72 bits per heavy atom. The number of nitriles is 2. The van der Waals surface area contributed by atoms with Crippen LogP contribution in [0.25, 0.3) is 0 Å². The van der Waals surface area contributed by atoms with E-state index in [2.05, 4.69) is 20.6 Å². The van der Waals surface area contributed by atoms with Crippen LogP contribution in [0, 0.1) is 28.6 Å². The van der Waals surface area contributed by atoms with Crippen molar-refractivity contribution >= 4 is 23.3 Å². The van der Waals surface area contributed by atoms with Gasteiger partial charge in [-0.3, -0.25) is 5.32 Å². The number of phenols is 1. The van der Waals surface area contributed by atoms with E-state index in [0.29, 0.717) is 11.1 Å². The predicted molar refractivity (Wildman–Crippen MR) is 87.5 cm³/mol. The monoisotopic (exact) mass is 338 g/mol. The molecule has 1 aromatic carbocycles. The van der Waals surface area contributed by atoms with Crippen molar-refractivity contribution in [3.8, 4) is 18.0 Å². The van der Waals surface area contributed by atoms with Gasteiger partial charge < -0.3 is 21.9 Å². The van der Waals surface area contributed by atoms with Crippen LogP contribution in [0.2, 0.25) is 0 Å². The van der Waals surface area contributed by atoms with E-state index in [1.807, 2.05) is 6.07 Å². The van der Waals surface area contributed by atoms with Crippen molar-refractivity contribution in [2.24, 2.45) is 4.99 Å². The van der Waals surface area contributed by atoms with Crippen LogP contribution in [-0.4, -0.2) is 16.1 Å². The van der Waals surface area contributed by atoms with Gasteiger partial charge in [0.25, 0.3) is 0 Å². The lowest BCUT2D eigenvalue weighted by Crippen LogP contribution is -2.32. The molecular formula is C15H11FN8O. The molecule has 1 aliphatic rings. The Morgan fingerprint density at radius 2 is 2.08 bits per heavy atom. The number of guanidine groups is 1. The Kier molecular flexibility index (Phi) is 3.71. The maximum Gasteiger partial charge on any atom is 0.211 e.